The summed E-state index contributed by atoms with van der Waals surface area (Å²) in [5.74, 6) is 1.37. The number of thioether (sulfide) groups is 1. The Morgan fingerprint density at radius 2 is 1.59 bits per heavy atom. The minimum Gasteiger partial charge on any atom is -0.493 e. The van der Waals surface area contributed by atoms with E-state index in [0.717, 1.165) is 21.2 Å². The zero-order valence-electron chi connectivity index (χ0n) is 17.2. The quantitative estimate of drug-likeness (QED) is 0.190. The number of benzene rings is 3. The number of aryl methyl sites for hydroxylation is 2. The van der Waals surface area contributed by atoms with Gasteiger partial charge in [0.1, 0.15) is 5.04 Å². The molecule has 29 heavy (non-hydrogen) atoms. The van der Waals surface area contributed by atoms with Crippen molar-refractivity contribution in [3.05, 3.63) is 95.8 Å². The molecule has 0 spiro atoms. The molecule has 0 heterocycles. The van der Waals surface area contributed by atoms with Gasteiger partial charge in [0.25, 0.3) is 0 Å². The summed E-state index contributed by atoms with van der Waals surface area (Å²) in [6, 6.07) is 24.2. The summed E-state index contributed by atoms with van der Waals surface area (Å²) in [7, 11) is 1.64. The van der Waals surface area contributed by atoms with Crippen molar-refractivity contribution < 1.29 is 9.47 Å². The first-order chi connectivity index (χ1) is 14.0. The minimum absolute atomic E-state index is 0.671. The van der Waals surface area contributed by atoms with Gasteiger partial charge >= 0.3 is 0 Å². The summed E-state index contributed by atoms with van der Waals surface area (Å²) >= 11 is 1.63. The molecule has 3 rings (SSSR count). The summed E-state index contributed by atoms with van der Waals surface area (Å²) in [6.45, 7) is 6.17. The highest BCUT2D eigenvalue weighted by atomic mass is 32.2. The molecule has 0 saturated carbocycles. The maximum Gasteiger partial charge on any atom is 0.168 e. The number of rotatable bonds is 6. The van der Waals surface area contributed by atoms with E-state index in [9.17, 15) is 0 Å². The number of nitrogens with zero attached hydrogens (tertiary/aromatic N) is 1. The fourth-order valence-corrected chi connectivity index (χ4v) is 3.61. The Morgan fingerprint density at radius 1 is 0.862 bits per heavy atom. The topological polar surface area (TPSA) is 30.8 Å². The molecular formula is C25H25NO2S. The number of methoxy groups -OCH3 is 1. The molecule has 0 unspecified atom stereocenters. The molecule has 0 aliphatic rings. The van der Waals surface area contributed by atoms with Crippen molar-refractivity contribution in [3.8, 4) is 11.5 Å². The number of aliphatic imine (C=N–C) groups is 1. The summed E-state index contributed by atoms with van der Waals surface area (Å²) in [4.78, 5) is 6.02. The van der Waals surface area contributed by atoms with Gasteiger partial charge in [0.05, 0.1) is 19.1 Å². The van der Waals surface area contributed by atoms with Crippen molar-refractivity contribution in [2.45, 2.75) is 25.7 Å². The predicted octanol–water partition coefficient (Wildman–Crippen LogP) is 7.12. The van der Waals surface area contributed by atoms with E-state index < -0.39 is 0 Å². The number of hydrogen-bond acceptors (Lipinski definition) is 4. The van der Waals surface area contributed by atoms with Gasteiger partial charge < -0.3 is 9.47 Å². The number of para-hydroxylation sites is 2. The van der Waals surface area contributed by atoms with Crippen LogP contribution in [-0.4, -0.2) is 12.2 Å². The Morgan fingerprint density at radius 3 is 2.28 bits per heavy atom. The second kappa shape index (κ2) is 9.99. The van der Waals surface area contributed by atoms with E-state index in [1.807, 2.05) is 43.3 Å². The molecule has 148 valence electrons. The molecule has 0 N–H and O–H groups in total. The van der Waals surface area contributed by atoms with E-state index in [1.165, 1.54) is 11.1 Å². The lowest BCUT2D eigenvalue weighted by Gasteiger charge is -2.10. The molecule has 0 aromatic heterocycles. The Kier molecular flexibility index (Phi) is 7.14. The highest BCUT2D eigenvalue weighted by molar-refractivity contribution is 8.14. The maximum absolute atomic E-state index is 5.91. The van der Waals surface area contributed by atoms with E-state index >= 15 is 0 Å². The summed E-state index contributed by atoms with van der Waals surface area (Å²) in [5.41, 5.74) is 4.28. The van der Waals surface area contributed by atoms with Gasteiger partial charge in [-0.2, -0.15) is 0 Å². The lowest BCUT2D eigenvalue weighted by Crippen LogP contribution is -1.98. The van der Waals surface area contributed by atoms with Crippen molar-refractivity contribution in [1.29, 1.82) is 0 Å². The second-order valence-corrected chi connectivity index (χ2v) is 7.80. The van der Waals surface area contributed by atoms with Crippen LogP contribution in [0, 0.1) is 13.8 Å². The first kappa shape index (κ1) is 20.7. The zero-order valence-corrected chi connectivity index (χ0v) is 18.0. The van der Waals surface area contributed by atoms with Crippen LogP contribution in [0.25, 0.3) is 0 Å². The summed E-state index contributed by atoms with van der Waals surface area (Å²) in [5, 5.41) is 0.884. The van der Waals surface area contributed by atoms with Gasteiger partial charge in [-0.25, -0.2) is 4.99 Å². The molecule has 3 nitrogen and oxygen atoms in total. The van der Waals surface area contributed by atoms with Crippen molar-refractivity contribution in [1.82, 2.24) is 0 Å². The van der Waals surface area contributed by atoms with Crippen molar-refractivity contribution in [2.24, 2.45) is 4.99 Å². The molecule has 0 radical (unpaired) electrons. The van der Waals surface area contributed by atoms with E-state index in [1.54, 1.807) is 25.1 Å². The van der Waals surface area contributed by atoms with Crippen LogP contribution in [0.15, 0.2) is 94.5 Å². The van der Waals surface area contributed by atoms with Gasteiger partial charge in [0.2, 0.25) is 0 Å². The van der Waals surface area contributed by atoms with Crippen LogP contribution in [0.3, 0.4) is 0 Å². The Bertz CT molecular complexity index is 1020. The van der Waals surface area contributed by atoms with Gasteiger partial charge in [-0.1, -0.05) is 59.3 Å². The molecule has 0 saturated heterocycles. The molecule has 0 bridgehead atoms. The van der Waals surface area contributed by atoms with Gasteiger partial charge in [-0.05, 0) is 57.2 Å². The first-order valence-electron chi connectivity index (χ1n) is 9.42. The van der Waals surface area contributed by atoms with Gasteiger partial charge in [-0.15, -0.1) is 0 Å². The fraction of sp³-hybridized carbons (Fsp3) is 0.160. The third kappa shape index (κ3) is 6.00. The molecule has 0 amide bonds. The van der Waals surface area contributed by atoms with Crippen molar-refractivity contribution in [2.75, 3.05) is 7.11 Å². The molecule has 0 fully saturated rings. The van der Waals surface area contributed by atoms with E-state index in [0.29, 0.717) is 11.5 Å². The standard InChI is InChI=1S/C25H25NO2S/c1-18-12-14-21(15-13-18)26-25(29-22-9-7-8-19(2)16-22)20(3)17-28-24-11-6-5-10-23(24)27-4/h5-17H,1-4H3. The van der Waals surface area contributed by atoms with Crippen LogP contribution in [-0.2, 0) is 0 Å². The lowest BCUT2D eigenvalue weighted by atomic mass is 10.2. The highest BCUT2D eigenvalue weighted by Gasteiger charge is 2.09. The van der Waals surface area contributed by atoms with E-state index in [-0.39, 0.29) is 0 Å². The first-order valence-corrected chi connectivity index (χ1v) is 10.2. The second-order valence-electron chi connectivity index (χ2n) is 6.74. The molecule has 4 heteroatoms. The number of hydrogen-bond donors (Lipinski definition) is 0. The van der Waals surface area contributed by atoms with Crippen molar-refractivity contribution >= 4 is 22.5 Å². The largest absolute Gasteiger partial charge is 0.493 e. The molecule has 0 aliphatic heterocycles. The highest BCUT2D eigenvalue weighted by Crippen LogP contribution is 2.29. The molecule has 3 aromatic rings. The van der Waals surface area contributed by atoms with Crippen LogP contribution in [0.4, 0.5) is 5.69 Å². The fourth-order valence-electron chi connectivity index (χ4n) is 2.64. The maximum atomic E-state index is 5.91. The van der Waals surface area contributed by atoms with Crippen LogP contribution >= 0.6 is 11.8 Å². The van der Waals surface area contributed by atoms with Gasteiger partial charge in [0, 0.05) is 10.5 Å². The van der Waals surface area contributed by atoms with Crippen LogP contribution in [0.1, 0.15) is 18.1 Å². The van der Waals surface area contributed by atoms with Crippen LogP contribution in [0.2, 0.25) is 0 Å². The average molecular weight is 404 g/mol. The van der Waals surface area contributed by atoms with Gasteiger partial charge in [0.15, 0.2) is 11.5 Å². The van der Waals surface area contributed by atoms with E-state index in [2.05, 4.69) is 50.2 Å². The van der Waals surface area contributed by atoms with Crippen LogP contribution < -0.4 is 9.47 Å². The van der Waals surface area contributed by atoms with Crippen LogP contribution in [0.5, 0.6) is 11.5 Å². The Labute approximate surface area is 177 Å². The van der Waals surface area contributed by atoms with Gasteiger partial charge in [-0.3, -0.25) is 0 Å². The predicted molar refractivity (Wildman–Crippen MR) is 123 cm³/mol. The molecular weight excluding hydrogens is 378 g/mol. The third-order valence-corrected chi connectivity index (χ3v) is 5.33. The zero-order chi connectivity index (χ0) is 20.6. The average Bonchev–Trinajstić information content (AvgIpc) is 2.73. The minimum atomic E-state index is 0.671. The Hall–Kier alpha value is -2.98. The SMILES string of the molecule is COc1ccccc1OC=C(C)C(=Nc1ccc(C)cc1)Sc1cccc(C)c1. The summed E-state index contributed by atoms with van der Waals surface area (Å²) in [6.07, 6.45) is 1.73. The summed E-state index contributed by atoms with van der Waals surface area (Å²) < 4.78 is 11.3. The lowest BCUT2D eigenvalue weighted by molar-refractivity contribution is 0.377. The molecule has 0 aliphatic carbocycles. The molecule has 0 atom stereocenters. The molecule has 3 aromatic carbocycles. The normalized spacial score (nSPS) is 12.0. The monoisotopic (exact) mass is 403 g/mol. The Balaban J connectivity index is 1.91. The smallest absolute Gasteiger partial charge is 0.168 e. The van der Waals surface area contributed by atoms with E-state index in [4.69, 9.17) is 14.5 Å². The number of ether oxygens (including phenoxy) is 2. The van der Waals surface area contributed by atoms with Crippen molar-refractivity contribution in [3.63, 3.8) is 0 Å². The third-order valence-electron chi connectivity index (χ3n) is 4.24.